The fourth-order valence-corrected chi connectivity index (χ4v) is 5.52. The van der Waals surface area contributed by atoms with Crippen molar-refractivity contribution in [3.63, 3.8) is 0 Å². The molecule has 1 unspecified atom stereocenters. The lowest BCUT2D eigenvalue weighted by molar-refractivity contribution is -0.136. The Labute approximate surface area is 117 Å². The minimum absolute atomic E-state index is 0.240. The van der Waals surface area contributed by atoms with Crippen molar-refractivity contribution in [3.8, 4) is 0 Å². The third kappa shape index (κ3) is 2.31. The summed E-state index contributed by atoms with van der Waals surface area (Å²) in [5.74, 6) is 4.84. The van der Waals surface area contributed by atoms with E-state index in [2.05, 4.69) is 12.2 Å². The molecule has 0 aromatic rings. The molecule has 1 N–H and O–H groups in total. The number of hydrogen-bond acceptors (Lipinski definition) is 2. The molecule has 4 fully saturated rings. The summed E-state index contributed by atoms with van der Waals surface area (Å²) in [6.45, 7) is 2.74. The molecule has 0 spiro atoms. The minimum atomic E-state index is 0.240. The summed E-state index contributed by atoms with van der Waals surface area (Å²) in [5.41, 5.74) is 0. The van der Waals surface area contributed by atoms with Crippen LogP contribution in [0.15, 0.2) is 0 Å². The van der Waals surface area contributed by atoms with Crippen LogP contribution < -0.4 is 5.32 Å². The molecular weight excluding hydrogens is 236 g/mol. The molecule has 0 aromatic carbocycles. The lowest BCUT2D eigenvalue weighted by Crippen LogP contribution is -2.54. The van der Waals surface area contributed by atoms with E-state index in [1.165, 1.54) is 32.1 Å². The zero-order valence-corrected chi connectivity index (χ0v) is 12.6. The Balaban J connectivity index is 1.70. The summed E-state index contributed by atoms with van der Waals surface area (Å²) in [6, 6.07) is 0.413. The molecule has 4 saturated carbocycles. The van der Waals surface area contributed by atoms with Gasteiger partial charge in [0.1, 0.15) is 0 Å². The highest BCUT2D eigenvalue weighted by Crippen LogP contribution is 2.57. The lowest BCUT2D eigenvalue weighted by Gasteiger charge is -2.57. The van der Waals surface area contributed by atoms with E-state index < -0.39 is 0 Å². The van der Waals surface area contributed by atoms with E-state index in [1.807, 2.05) is 19.0 Å². The summed E-state index contributed by atoms with van der Waals surface area (Å²) >= 11 is 0. The van der Waals surface area contributed by atoms with Crippen LogP contribution in [0.4, 0.5) is 0 Å². The Morgan fingerprint density at radius 2 is 1.68 bits per heavy atom. The standard InChI is InChI=1S/C16H28N2O/c1-10(18(3)15(19)9-17-2)16-13-5-11-4-12(7-13)8-14(16)6-11/h10-14,16-17H,4-9H2,1-3H3. The molecule has 0 aliphatic heterocycles. The molecule has 4 aliphatic carbocycles. The highest BCUT2D eigenvalue weighted by molar-refractivity contribution is 5.78. The van der Waals surface area contributed by atoms with Crippen LogP contribution in [0.25, 0.3) is 0 Å². The molecule has 0 aromatic heterocycles. The van der Waals surface area contributed by atoms with Gasteiger partial charge in [-0.2, -0.15) is 0 Å². The van der Waals surface area contributed by atoms with E-state index in [0.29, 0.717) is 12.6 Å². The summed E-state index contributed by atoms with van der Waals surface area (Å²) in [5, 5.41) is 2.98. The lowest BCUT2D eigenvalue weighted by atomic mass is 9.50. The second-order valence-electron chi connectivity index (χ2n) is 7.28. The van der Waals surface area contributed by atoms with Crippen LogP contribution in [0.5, 0.6) is 0 Å². The Bertz CT molecular complexity index is 327. The number of rotatable bonds is 4. The molecule has 0 saturated heterocycles. The van der Waals surface area contributed by atoms with Gasteiger partial charge in [0.25, 0.3) is 0 Å². The number of amides is 1. The minimum Gasteiger partial charge on any atom is -0.342 e. The average Bonchev–Trinajstić information content (AvgIpc) is 2.36. The first-order valence-electron chi connectivity index (χ1n) is 8.00. The highest BCUT2D eigenvalue weighted by atomic mass is 16.2. The van der Waals surface area contributed by atoms with Gasteiger partial charge in [-0.05, 0) is 75.7 Å². The van der Waals surface area contributed by atoms with Gasteiger partial charge >= 0.3 is 0 Å². The van der Waals surface area contributed by atoms with E-state index in [4.69, 9.17) is 0 Å². The maximum atomic E-state index is 12.1. The smallest absolute Gasteiger partial charge is 0.236 e. The van der Waals surface area contributed by atoms with Crippen LogP contribution in [0.3, 0.4) is 0 Å². The molecule has 1 atom stereocenters. The maximum absolute atomic E-state index is 12.1. The van der Waals surface area contributed by atoms with Crippen LogP contribution in [0, 0.1) is 29.6 Å². The summed E-state index contributed by atoms with van der Waals surface area (Å²) in [6.07, 6.45) is 7.26. The molecule has 4 aliphatic rings. The number of carbonyl (C=O) groups excluding carboxylic acids is 1. The van der Waals surface area contributed by atoms with Crippen LogP contribution in [0.1, 0.15) is 39.0 Å². The van der Waals surface area contributed by atoms with Crippen molar-refractivity contribution in [3.05, 3.63) is 0 Å². The largest absolute Gasteiger partial charge is 0.342 e. The van der Waals surface area contributed by atoms with Crippen molar-refractivity contribution in [2.24, 2.45) is 29.6 Å². The van der Waals surface area contributed by atoms with E-state index in [9.17, 15) is 4.79 Å². The Morgan fingerprint density at radius 3 is 2.16 bits per heavy atom. The van der Waals surface area contributed by atoms with Crippen molar-refractivity contribution < 1.29 is 4.79 Å². The number of likely N-dealkylation sites (N-methyl/N-ethyl adjacent to an activating group) is 2. The topological polar surface area (TPSA) is 32.3 Å². The van der Waals surface area contributed by atoms with Crippen molar-refractivity contribution in [2.45, 2.75) is 45.1 Å². The highest BCUT2D eigenvalue weighted by Gasteiger charge is 2.50. The third-order valence-corrected chi connectivity index (χ3v) is 6.19. The number of nitrogens with one attached hydrogen (secondary N) is 1. The fraction of sp³-hybridized carbons (Fsp3) is 0.938. The van der Waals surface area contributed by atoms with Gasteiger partial charge < -0.3 is 10.2 Å². The molecule has 4 rings (SSSR count). The fourth-order valence-electron chi connectivity index (χ4n) is 5.52. The van der Waals surface area contributed by atoms with Gasteiger partial charge in [-0.15, -0.1) is 0 Å². The number of carbonyl (C=O) groups is 1. The van der Waals surface area contributed by atoms with Crippen LogP contribution in [0.2, 0.25) is 0 Å². The second kappa shape index (κ2) is 5.08. The predicted octanol–water partition coefficient (Wildman–Crippen LogP) is 2.12. The van der Waals surface area contributed by atoms with Gasteiger partial charge in [0, 0.05) is 13.1 Å². The summed E-state index contributed by atoms with van der Waals surface area (Å²) in [4.78, 5) is 14.1. The molecule has 3 heteroatoms. The first-order chi connectivity index (χ1) is 9.10. The summed E-state index contributed by atoms with van der Waals surface area (Å²) in [7, 11) is 3.84. The van der Waals surface area contributed by atoms with E-state index >= 15 is 0 Å². The van der Waals surface area contributed by atoms with Gasteiger partial charge in [0.05, 0.1) is 6.54 Å². The molecular formula is C16H28N2O. The monoisotopic (exact) mass is 264 g/mol. The van der Waals surface area contributed by atoms with E-state index in [1.54, 1.807) is 0 Å². The summed E-state index contributed by atoms with van der Waals surface area (Å²) < 4.78 is 0. The quantitative estimate of drug-likeness (QED) is 0.843. The van der Waals surface area contributed by atoms with E-state index in [0.717, 1.165) is 29.6 Å². The van der Waals surface area contributed by atoms with Crippen molar-refractivity contribution in [1.29, 1.82) is 0 Å². The first-order valence-corrected chi connectivity index (χ1v) is 8.00. The predicted molar refractivity (Wildman–Crippen MR) is 76.7 cm³/mol. The number of hydrogen-bond donors (Lipinski definition) is 1. The molecule has 4 bridgehead atoms. The third-order valence-electron chi connectivity index (χ3n) is 6.19. The number of nitrogens with zero attached hydrogens (tertiary/aromatic N) is 1. The van der Waals surface area contributed by atoms with Gasteiger partial charge in [-0.25, -0.2) is 0 Å². The van der Waals surface area contributed by atoms with Crippen molar-refractivity contribution >= 4 is 5.91 Å². The molecule has 108 valence electrons. The zero-order chi connectivity index (χ0) is 13.6. The second-order valence-corrected chi connectivity index (χ2v) is 7.28. The molecule has 0 radical (unpaired) electrons. The van der Waals surface area contributed by atoms with Crippen molar-refractivity contribution in [1.82, 2.24) is 10.2 Å². The Morgan fingerprint density at radius 1 is 1.16 bits per heavy atom. The van der Waals surface area contributed by atoms with Gasteiger partial charge in [0.15, 0.2) is 0 Å². The molecule has 1 amide bonds. The van der Waals surface area contributed by atoms with Gasteiger partial charge in [0.2, 0.25) is 5.91 Å². The Kier molecular flexibility index (Phi) is 3.59. The first kappa shape index (κ1) is 13.4. The van der Waals surface area contributed by atoms with Crippen LogP contribution >= 0.6 is 0 Å². The van der Waals surface area contributed by atoms with Gasteiger partial charge in [-0.3, -0.25) is 4.79 Å². The SMILES string of the molecule is CNCC(=O)N(C)C(C)C1C2CC3CC(C2)CC1C3. The Hall–Kier alpha value is -0.570. The van der Waals surface area contributed by atoms with Gasteiger partial charge in [-0.1, -0.05) is 0 Å². The van der Waals surface area contributed by atoms with E-state index in [-0.39, 0.29) is 5.91 Å². The molecule has 0 heterocycles. The molecule has 3 nitrogen and oxygen atoms in total. The zero-order valence-electron chi connectivity index (χ0n) is 12.6. The molecule has 19 heavy (non-hydrogen) atoms. The van der Waals surface area contributed by atoms with Crippen LogP contribution in [-0.4, -0.2) is 37.5 Å². The average molecular weight is 264 g/mol. The normalized spacial score (nSPS) is 41.3. The van der Waals surface area contributed by atoms with Crippen LogP contribution in [-0.2, 0) is 4.79 Å². The maximum Gasteiger partial charge on any atom is 0.236 e. The van der Waals surface area contributed by atoms with Crippen molar-refractivity contribution in [2.75, 3.05) is 20.6 Å².